The molecule has 1 aliphatic heterocycles. The van der Waals surface area contributed by atoms with Gasteiger partial charge >= 0.3 is 0 Å². The van der Waals surface area contributed by atoms with Gasteiger partial charge in [-0.25, -0.2) is 4.68 Å². The van der Waals surface area contributed by atoms with Crippen LogP contribution >= 0.6 is 11.8 Å². The quantitative estimate of drug-likeness (QED) is 0.705. The number of aromatic nitrogens is 4. The normalized spacial score (nSPS) is 18.3. The van der Waals surface area contributed by atoms with Crippen molar-refractivity contribution >= 4 is 23.7 Å². The molecule has 0 unspecified atom stereocenters. The van der Waals surface area contributed by atoms with E-state index < -0.39 is 0 Å². The van der Waals surface area contributed by atoms with Gasteiger partial charge in [0.2, 0.25) is 11.1 Å². The molecule has 2 aliphatic rings. The molecule has 4 rings (SSSR count). The first kappa shape index (κ1) is 18.2. The summed E-state index contributed by atoms with van der Waals surface area (Å²) in [6.45, 7) is 4.63. The lowest BCUT2D eigenvalue weighted by Gasteiger charge is -2.31. The van der Waals surface area contributed by atoms with Gasteiger partial charge in [0.25, 0.3) is 0 Å². The Kier molecular flexibility index (Phi) is 5.84. The van der Waals surface area contributed by atoms with Crippen LogP contribution in [0.1, 0.15) is 24.4 Å². The summed E-state index contributed by atoms with van der Waals surface area (Å²) < 4.78 is 1.86. The fourth-order valence-electron chi connectivity index (χ4n) is 3.25. The van der Waals surface area contributed by atoms with Crippen molar-refractivity contribution in [1.29, 1.82) is 0 Å². The Morgan fingerprint density at radius 3 is 2.74 bits per heavy atom. The smallest absolute Gasteiger partial charge is 0.233 e. The largest absolute Gasteiger partial charge is 0.331 e. The van der Waals surface area contributed by atoms with Gasteiger partial charge in [-0.05, 0) is 34.9 Å². The molecule has 7 nitrogen and oxygen atoms in total. The topological polar surface area (TPSA) is 68.4 Å². The molecule has 0 atom stereocenters. The highest BCUT2D eigenvalue weighted by Gasteiger charge is 2.29. The molecule has 2 fully saturated rings. The van der Waals surface area contributed by atoms with Crippen LogP contribution in [-0.2, 0) is 4.79 Å². The first-order chi connectivity index (χ1) is 13.3. The molecule has 27 heavy (non-hydrogen) atoms. The zero-order chi connectivity index (χ0) is 18.5. The van der Waals surface area contributed by atoms with Crippen LogP contribution in [0, 0.1) is 0 Å². The molecule has 0 spiro atoms. The number of carbonyl (C=O) groups is 1. The predicted molar refractivity (Wildman–Crippen MR) is 104 cm³/mol. The zero-order valence-corrected chi connectivity index (χ0v) is 16.1. The lowest BCUT2D eigenvalue weighted by Crippen LogP contribution is -3.14. The van der Waals surface area contributed by atoms with Crippen molar-refractivity contribution in [1.82, 2.24) is 25.1 Å². The van der Waals surface area contributed by atoms with E-state index in [-0.39, 0.29) is 5.91 Å². The third-order valence-electron chi connectivity index (χ3n) is 5.02. The molecule has 1 N–H and O–H groups in total. The maximum Gasteiger partial charge on any atom is 0.233 e. The third-order valence-corrected chi connectivity index (χ3v) is 5.94. The van der Waals surface area contributed by atoms with Crippen LogP contribution in [0.15, 0.2) is 41.6 Å². The van der Waals surface area contributed by atoms with Crippen molar-refractivity contribution in [2.24, 2.45) is 0 Å². The van der Waals surface area contributed by atoms with E-state index in [0.29, 0.717) is 11.8 Å². The van der Waals surface area contributed by atoms with Crippen LogP contribution in [0.2, 0.25) is 0 Å². The van der Waals surface area contributed by atoms with Gasteiger partial charge in [-0.3, -0.25) is 4.79 Å². The number of nitrogens with zero attached hydrogens (tertiary/aromatic N) is 5. The molecule has 0 bridgehead atoms. The van der Waals surface area contributed by atoms with E-state index >= 15 is 0 Å². The van der Waals surface area contributed by atoms with Gasteiger partial charge in [-0.1, -0.05) is 48.2 Å². The molecule has 1 aromatic carbocycles. The van der Waals surface area contributed by atoms with Crippen LogP contribution in [-0.4, -0.2) is 69.5 Å². The number of hydrogen-bond acceptors (Lipinski definition) is 5. The van der Waals surface area contributed by atoms with Crippen molar-refractivity contribution in [3.8, 4) is 0 Å². The number of thioether (sulfide) groups is 1. The van der Waals surface area contributed by atoms with Gasteiger partial charge in [0.05, 0.1) is 44.5 Å². The third kappa shape index (κ3) is 4.95. The average molecular weight is 386 g/mol. The average Bonchev–Trinajstić information content (AvgIpc) is 3.45. The zero-order valence-electron chi connectivity index (χ0n) is 15.3. The Labute approximate surface area is 163 Å². The number of nitrogens with one attached hydrogen (secondary N) is 1. The highest BCUT2D eigenvalue weighted by molar-refractivity contribution is 7.99. The van der Waals surface area contributed by atoms with Crippen LogP contribution in [0.5, 0.6) is 0 Å². The standard InChI is InChI=1S/C19H24N6OS/c26-18(15-27-19-20-21-22-25(19)17-8-9-17)24-13-11-23(12-14-24)10-4-7-16-5-2-1-3-6-16/h1-7,17H,8-15H2/p+1/b7-4+. The number of hydrogen-bond donors (Lipinski definition) is 1. The van der Waals surface area contributed by atoms with Crippen LogP contribution in [0.25, 0.3) is 6.08 Å². The summed E-state index contributed by atoms with van der Waals surface area (Å²) in [5.41, 5.74) is 1.23. The molecule has 1 amide bonds. The minimum atomic E-state index is 0.184. The maximum atomic E-state index is 12.5. The summed E-state index contributed by atoms with van der Waals surface area (Å²) in [6.07, 6.45) is 6.67. The van der Waals surface area contributed by atoms with Crippen LogP contribution in [0.3, 0.4) is 0 Å². The summed E-state index contributed by atoms with van der Waals surface area (Å²) in [5, 5.41) is 12.6. The lowest BCUT2D eigenvalue weighted by atomic mass is 10.2. The Balaban J connectivity index is 1.19. The highest BCUT2D eigenvalue weighted by atomic mass is 32.2. The molecule has 8 heteroatoms. The van der Waals surface area contributed by atoms with Crippen LogP contribution < -0.4 is 4.90 Å². The second-order valence-corrected chi connectivity index (χ2v) is 8.02. The fourth-order valence-corrected chi connectivity index (χ4v) is 4.10. The highest BCUT2D eigenvalue weighted by Crippen LogP contribution is 2.36. The van der Waals surface area contributed by atoms with Crippen molar-refractivity contribution in [3.05, 3.63) is 42.0 Å². The molecule has 1 saturated carbocycles. The number of benzene rings is 1. The fraction of sp³-hybridized carbons (Fsp3) is 0.474. The summed E-state index contributed by atoms with van der Waals surface area (Å²) >= 11 is 1.45. The Morgan fingerprint density at radius 1 is 1.22 bits per heavy atom. The first-order valence-electron chi connectivity index (χ1n) is 9.53. The molecule has 0 radical (unpaired) electrons. The second-order valence-electron chi connectivity index (χ2n) is 7.07. The summed E-state index contributed by atoms with van der Waals surface area (Å²) in [5.74, 6) is 0.597. The second kappa shape index (κ2) is 8.67. The number of piperazine rings is 1. The Bertz CT molecular complexity index is 781. The first-order valence-corrected chi connectivity index (χ1v) is 10.5. The van der Waals surface area contributed by atoms with Crippen molar-refractivity contribution < 1.29 is 9.69 Å². The Hall–Kier alpha value is -2.19. The number of carbonyl (C=O) groups excluding carboxylic acids is 1. The predicted octanol–water partition coefficient (Wildman–Crippen LogP) is 0.541. The molecule has 1 aromatic heterocycles. The van der Waals surface area contributed by atoms with Gasteiger partial charge in [0, 0.05) is 0 Å². The molecular formula is C19H25N6OS+. The van der Waals surface area contributed by atoms with E-state index in [0.717, 1.165) is 50.7 Å². The monoisotopic (exact) mass is 385 g/mol. The van der Waals surface area contributed by atoms with Gasteiger partial charge in [-0.2, -0.15) is 0 Å². The number of rotatable bonds is 7. The van der Waals surface area contributed by atoms with Crippen molar-refractivity contribution in [2.45, 2.75) is 24.0 Å². The minimum Gasteiger partial charge on any atom is -0.331 e. The number of tetrazole rings is 1. The van der Waals surface area contributed by atoms with E-state index in [2.05, 4.69) is 51.9 Å². The van der Waals surface area contributed by atoms with E-state index in [1.54, 1.807) is 0 Å². The van der Waals surface area contributed by atoms with Crippen molar-refractivity contribution in [2.75, 3.05) is 38.5 Å². The molecule has 1 saturated heterocycles. The van der Waals surface area contributed by atoms with E-state index in [9.17, 15) is 4.79 Å². The van der Waals surface area contributed by atoms with E-state index in [1.807, 2.05) is 15.6 Å². The number of amides is 1. The molecule has 1 aliphatic carbocycles. The van der Waals surface area contributed by atoms with E-state index in [4.69, 9.17) is 0 Å². The maximum absolute atomic E-state index is 12.5. The van der Waals surface area contributed by atoms with E-state index in [1.165, 1.54) is 22.2 Å². The summed E-state index contributed by atoms with van der Waals surface area (Å²) in [6, 6.07) is 10.8. The van der Waals surface area contributed by atoms with Gasteiger partial charge in [-0.15, -0.1) is 5.10 Å². The lowest BCUT2D eigenvalue weighted by molar-refractivity contribution is -0.898. The van der Waals surface area contributed by atoms with Gasteiger partial charge in [0.1, 0.15) is 0 Å². The molecule has 2 aromatic rings. The van der Waals surface area contributed by atoms with Crippen molar-refractivity contribution in [3.63, 3.8) is 0 Å². The molecule has 2 heterocycles. The SMILES string of the molecule is O=C(CSc1nnnn1C1CC1)N1CC[NH+](C/C=C/c2ccccc2)CC1. The summed E-state index contributed by atoms with van der Waals surface area (Å²) in [4.78, 5) is 16.0. The van der Waals surface area contributed by atoms with Gasteiger partial charge in [0.15, 0.2) is 0 Å². The molecular weight excluding hydrogens is 360 g/mol. The molecule has 142 valence electrons. The minimum absolute atomic E-state index is 0.184. The Morgan fingerprint density at radius 2 is 2.00 bits per heavy atom. The van der Waals surface area contributed by atoms with Crippen LogP contribution in [0.4, 0.5) is 0 Å². The van der Waals surface area contributed by atoms with Gasteiger partial charge < -0.3 is 9.80 Å². The number of quaternary nitrogens is 1. The summed E-state index contributed by atoms with van der Waals surface area (Å²) in [7, 11) is 0.